The van der Waals surface area contributed by atoms with E-state index in [2.05, 4.69) is 10.3 Å². The van der Waals surface area contributed by atoms with Gasteiger partial charge in [0.1, 0.15) is 11.6 Å². The quantitative estimate of drug-likeness (QED) is 0.801. The van der Waals surface area contributed by atoms with Gasteiger partial charge in [0.25, 0.3) is 0 Å². The number of nitrogens with one attached hydrogen (secondary N) is 1. The summed E-state index contributed by atoms with van der Waals surface area (Å²) in [5, 5.41) is 3.97. The van der Waals surface area contributed by atoms with Crippen molar-refractivity contribution in [2.24, 2.45) is 0 Å². The maximum absolute atomic E-state index is 12.8. The van der Waals surface area contributed by atoms with Gasteiger partial charge in [-0.3, -0.25) is 9.69 Å². The first-order valence-corrected chi connectivity index (χ1v) is 9.79. The number of amides is 2. The first-order chi connectivity index (χ1) is 12.2. The normalized spacial score (nSPS) is 18.0. The number of hydrogen-bond donors (Lipinski definition) is 1. The molecule has 1 atom stereocenters. The van der Waals surface area contributed by atoms with Gasteiger partial charge in [-0.05, 0) is 58.2 Å². The van der Waals surface area contributed by atoms with Crippen molar-refractivity contribution in [2.45, 2.75) is 51.7 Å². The lowest BCUT2D eigenvalue weighted by atomic mass is 10.0. The number of likely N-dealkylation sites (tertiary alicyclic amines) is 1. The average Bonchev–Trinajstić information content (AvgIpc) is 2.94. The summed E-state index contributed by atoms with van der Waals surface area (Å²) in [6, 6.07) is 4.85. The molecule has 2 aromatic rings. The minimum absolute atomic E-state index is 0.235. The number of rotatable bonds is 2. The Kier molecular flexibility index (Phi) is 5.39. The third-order valence-electron chi connectivity index (χ3n) is 4.01. The molecule has 0 saturated carbocycles. The molecule has 3 rings (SSSR count). The lowest BCUT2D eigenvalue weighted by Gasteiger charge is -2.35. The molecule has 0 aliphatic carbocycles. The van der Waals surface area contributed by atoms with Crippen LogP contribution in [-0.2, 0) is 9.53 Å². The van der Waals surface area contributed by atoms with Gasteiger partial charge >= 0.3 is 6.09 Å². The van der Waals surface area contributed by atoms with Gasteiger partial charge in [-0.25, -0.2) is 9.78 Å². The van der Waals surface area contributed by atoms with Crippen LogP contribution in [0.1, 0.15) is 40.0 Å². The molecule has 6 nitrogen and oxygen atoms in total. The van der Waals surface area contributed by atoms with E-state index < -0.39 is 17.7 Å². The molecule has 140 valence electrons. The molecule has 26 heavy (non-hydrogen) atoms. The predicted octanol–water partition coefficient (Wildman–Crippen LogP) is 4.68. The average molecular weight is 396 g/mol. The van der Waals surface area contributed by atoms with Crippen molar-refractivity contribution < 1.29 is 14.3 Å². The van der Waals surface area contributed by atoms with Crippen LogP contribution in [-0.4, -0.2) is 40.1 Å². The highest BCUT2D eigenvalue weighted by atomic mass is 35.5. The lowest BCUT2D eigenvalue weighted by Crippen LogP contribution is -2.51. The second-order valence-electron chi connectivity index (χ2n) is 7.31. The Balaban J connectivity index is 1.74. The van der Waals surface area contributed by atoms with Gasteiger partial charge in [-0.1, -0.05) is 22.9 Å². The van der Waals surface area contributed by atoms with Crippen LogP contribution in [0.5, 0.6) is 0 Å². The summed E-state index contributed by atoms with van der Waals surface area (Å²) in [7, 11) is 0. The Morgan fingerprint density at radius 3 is 2.85 bits per heavy atom. The molecule has 1 aromatic carbocycles. The van der Waals surface area contributed by atoms with Gasteiger partial charge in [0, 0.05) is 11.6 Å². The molecule has 0 spiro atoms. The van der Waals surface area contributed by atoms with E-state index in [-0.39, 0.29) is 5.91 Å². The Labute approximate surface area is 161 Å². The van der Waals surface area contributed by atoms with Crippen molar-refractivity contribution in [1.29, 1.82) is 0 Å². The highest BCUT2D eigenvalue weighted by molar-refractivity contribution is 7.22. The largest absolute Gasteiger partial charge is 0.444 e. The topological polar surface area (TPSA) is 71.5 Å². The number of aromatic nitrogens is 1. The van der Waals surface area contributed by atoms with Crippen molar-refractivity contribution in [2.75, 3.05) is 11.9 Å². The number of fused-ring (bicyclic) bond motifs is 1. The maximum Gasteiger partial charge on any atom is 0.410 e. The molecule has 2 heterocycles. The molecule has 8 heteroatoms. The zero-order valence-electron chi connectivity index (χ0n) is 15.0. The van der Waals surface area contributed by atoms with Crippen molar-refractivity contribution in [3.05, 3.63) is 23.2 Å². The number of carbonyl (C=O) groups is 2. The van der Waals surface area contributed by atoms with Gasteiger partial charge in [0.15, 0.2) is 5.13 Å². The number of hydrogen-bond acceptors (Lipinski definition) is 5. The van der Waals surface area contributed by atoms with Crippen LogP contribution in [0.4, 0.5) is 9.93 Å². The van der Waals surface area contributed by atoms with E-state index in [4.69, 9.17) is 16.3 Å². The number of thiazole rings is 1. The van der Waals surface area contributed by atoms with E-state index in [9.17, 15) is 9.59 Å². The van der Waals surface area contributed by atoms with E-state index in [1.54, 1.807) is 6.07 Å². The van der Waals surface area contributed by atoms with Crippen molar-refractivity contribution >= 4 is 50.3 Å². The van der Waals surface area contributed by atoms with Gasteiger partial charge in [0.05, 0.1) is 10.2 Å². The zero-order chi connectivity index (χ0) is 18.9. The second kappa shape index (κ2) is 7.40. The smallest absolute Gasteiger partial charge is 0.410 e. The summed E-state index contributed by atoms with van der Waals surface area (Å²) in [4.78, 5) is 31.2. The third kappa shape index (κ3) is 4.45. The monoisotopic (exact) mass is 395 g/mol. The molecular weight excluding hydrogens is 374 g/mol. The van der Waals surface area contributed by atoms with Crippen LogP contribution in [0.2, 0.25) is 5.02 Å². The van der Waals surface area contributed by atoms with Gasteiger partial charge < -0.3 is 10.1 Å². The van der Waals surface area contributed by atoms with Crippen LogP contribution in [0.25, 0.3) is 10.2 Å². The Bertz CT molecular complexity index is 831. The standard InChI is InChI=1S/C18H22ClN3O3S/c1-18(2,3)25-17(24)22-9-5-4-6-13(22)15(23)21-16-20-12-8-7-11(19)10-14(12)26-16/h7-8,10,13H,4-6,9H2,1-3H3,(H,20,21,23)/t13-/m0/s1. The Hall–Kier alpha value is -1.86. The molecule has 0 radical (unpaired) electrons. The third-order valence-corrected chi connectivity index (χ3v) is 5.18. The fourth-order valence-electron chi connectivity index (χ4n) is 2.88. The minimum atomic E-state index is -0.595. The van der Waals surface area contributed by atoms with Crippen molar-refractivity contribution in [3.63, 3.8) is 0 Å². The fraction of sp³-hybridized carbons (Fsp3) is 0.500. The predicted molar refractivity (Wildman–Crippen MR) is 104 cm³/mol. The van der Waals surface area contributed by atoms with E-state index in [1.165, 1.54) is 16.2 Å². The van der Waals surface area contributed by atoms with Crippen LogP contribution >= 0.6 is 22.9 Å². The summed E-state index contributed by atoms with van der Waals surface area (Å²) in [5.74, 6) is -0.235. The molecule has 2 amide bonds. The van der Waals surface area contributed by atoms with Gasteiger partial charge in [0.2, 0.25) is 5.91 Å². The summed E-state index contributed by atoms with van der Waals surface area (Å²) >= 11 is 7.36. The second-order valence-corrected chi connectivity index (χ2v) is 8.77. The van der Waals surface area contributed by atoms with Gasteiger partial charge in [-0.2, -0.15) is 0 Å². The van der Waals surface area contributed by atoms with E-state index in [1.807, 2.05) is 32.9 Å². The Morgan fingerprint density at radius 1 is 1.35 bits per heavy atom. The van der Waals surface area contributed by atoms with Crippen LogP contribution in [0.15, 0.2) is 18.2 Å². The Morgan fingerprint density at radius 2 is 2.12 bits per heavy atom. The summed E-state index contributed by atoms with van der Waals surface area (Å²) in [6.45, 7) is 5.96. The summed E-state index contributed by atoms with van der Waals surface area (Å²) in [5.41, 5.74) is 0.185. The molecule has 1 aromatic heterocycles. The number of piperidine rings is 1. The number of nitrogens with zero attached hydrogens (tertiary/aromatic N) is 2. The van der Waals surface area contributed by atoms with Crippen molar-refractivity contribution in [3.8, 4) is 0 Å². The zero-order valence-corrected chi connectivity index (χ0v) is 16.6. The fourth-order valence-corrected chi connectivity index (χ4v) is 4.03. The number of anilines is 1. The van der Waals surface area contributed by atoms with E-state index >= 15 is 0 Å². The summed E-state index contributed by atoms with van der Waals surface area (Å²) in [6.07, 6.45) is 1.92. The van der Waals surface area contributed by atoms with Gasteiger partial charge in [-0.15, -0.1) is 0 Å². The number of ether oxygens (including phenoxy) is 1. The van der Waals surface area contributed by atoms with Crippen molar-refractivity contribution in [1.82, 2.24) is 9.88 Å². The number of benzene rings is 1. The van der Waals surface area contributed by atoms with E-state index in [0.29, 0.717) is 23.1 Å². The molecule has 0 bridgehead atoms. The molecule has 0 unspecified atom stereocenters. The first kappa shape index (κ1) is 18.9. The maximum atomic E-state index is 12.8. The SMILES string of the molecule is CC(C)(C)OC(=O)N1CCCC[C@H]1C(=O)Nc1nc2ccc(Cl)cc2s1. The van der Waals surface area contributed by atoms with Crippen LogP contribution < -0.4 is 5.32 Å². The molecule has 1 N–H and O–H groups in total. The molecular formula is C18H22ClN3O3S. The molecule has 1 aliphatic heterocycles. The van der Waals surface area contributed by atoms with Crippen LogP contribution in [0.3, 0.4) is 0 Å². The minimum Gasteiger partial charge on any atom is -0.444 e. The highest BCUT2D eigenvalue weighted by Gasteiger charge is 2.35. The molecule has 1 aliphatic rings. The molecule has 1 saturated heterocycles. The van der Waals surface area contributed by atoms with E-state index in [0.717, 1.165) is 23.1 Å². The lowest BCUT2D eigenvalue weighted by molar-refractivity contribution is -0.122. The number of carbonyl (C=O) groups excluding carboxylic acids is 2. The first-order valence-electron chi connectivity index (χ1n) is 8.59. The summed E-state index contributed by atoms with van der Waals surface area (Å²) < 4.78 is 6.35. The van der Waals surface area contributed by atoms with Crippen LogP contribution in [0, 0.1) is 0 Å². The molecule has 1 fully saturated rings. The number of halogens is 1. The highest BCUT2D eigenvalue weighted by Crippen LogP contribution is 2.29.